The maximum atomic E-state index is 12.6. The fraction of sp³-hybridized carbons (Fsp3) is 0.619. The Bertz CT molecular complexity index is 646. The fourth-order valence-corrected chi connectivity index (χ4v) is 4.12. The van der Waals surface area contributed by atoms with Crippen LogP contribution >= 0.6 is 0 Å². The number of hydrogen-bond acceptors (Lipinski definition) is 4. The van der Waals surface area contributed by atoms with Gasteiger partial charge in [0.25, 0.3) is 0 Å². The van der Waals surface area contributed by atoms with Crippen molar-refractivity contribution in [2.24, 2.45) is 0 Å². The lowest BCUT2D eigenvalue weighted by atomic mass is 9.98. The number of nitriles is 1. The molecule has 26 heavy (non-hydrogen) atoms. The van der Waals surface area contributed by atoms with Crippen LogP contribution in [0.25, 0.3) is 0 Å². The zero-order chi connectivity index (χ0) is 18.4. The summed E-state index contributed by atoms with van der Waals surface area (Å²) in [5.74, 6) is 0.307. The van der Waals surface area contributed by atoms with E-state index in [1.807, 2.05) is 29.2 Å². The Balaban J connectivity index is 1.43. The molecule has 1 atom stereocenters. The number of carbonyl (C=O) groups excluding carboxylic acids is 1. The Hall–Kier alpha value is -1.90. The summed E-state index contributed by atoms with van der Waals surface area (Å²) in [5.41, 5.74) is 1.83. The SMILES string of the molecule is CN1CCCCC1CCC(=O)N1CCN(Cc2ccccc2C#N)CC1. The molecular weight excluding hydrogens is 324 g/mol. The molecule has 0 bridgehead atoms. The van der Waals surface area contributed by atoms with Gasteiger partial charge in [0.2, 0.25) is 5.91 Å². The normalized spacial score (nSPS) is 22.2. The molecule has 2 fully saturated rings. The first-order valence-electron chi connectivity index (χ1n) is 9.86. The zero-order valence-electron chi connectivity index (χ0n) is 15.9. The van der Waals surface area contributed by atoms with Gasteiger partial charge in [-0.2, -0.15) is 5.26 Å². The maximum absolute atomic E-state index is 12.6. The van der Waals surface area contributed by atoms with E-state index in [1.165, 1.54) is 25.8 Å². The Labute approximate surface area is 157 Å². The summed E-state index contributed by atoms with van der Waals surface area (Å²) >= 11 is 0. The van der Waals surface area contributed by atoms with Crippen LogP contribution in [0.2, 0.25) is 0 Å². The van der Waals surface area contributed by atoms with Crippen molar-refractivity contribution in [2.75, 3.05) is 39.8 Å². The van der Waals surface area contributed by atoms with Gasteiger partial charge < -0.3 is 9.80 Å². The minimum Gasteiger partial charge on any atom is -0.340 e. The highest BCUT2D eigenvalue weighted by molar-refractivity contribution is 5.76. The molecule has 1 aromatic carbocycles. The summed E-state index contributed by atoms with van der Waals surface area (Å²) in [6.45, 7) is 5.33. The number of piperidine rings is 1. The first-order valence-corrected chi connectivity index (χ1v) is 9.86. The Morgan fingerprint density at radius 2 is 1.92 bits per heavy atom. The van der Waals surface area contributed by atoms with Crippen LogP contribution < -0.4 is 0 Å². The van der Waals surface area contributed by atoms with Crippen LogP contribution in [0.1, 0.15) is 43.2 Å². The molecule has 0 aliphatic carbocycles. The van der Waals surface area contributed by atoms with Crippen LogP contribution in [0.5, 0.6) is 0 Å². The minimum atomic E-state index is 0.307. The van der Waals surface area contributed by atoms with E-state index < -0.39 is 0 Å². The molecule has 2 saturated heterocycles. The summed E-state index contributed by atoms with van der Waals surface area (Å²) in [4.78, 5) is 19.3. The van der Waals surface area contributed by atoms with Crippen molar-refractivity contribution in [1.29, 1.82) is 5.26 Å². The quantitative estimate of drug-likeness (QED) is 0.815. The topological polar surface area (TPSA) is 50.6 Å². The molecule has 0 radical (unpaired) electrons. The fourth-order valence-electron chi connectivity index (χ4n) is 4.12. The third-order valence-electron chi connectivity index (χ3n) is 5.87. The number of amides is 1. The van der Waals surface area contributed by atoms with Crippen LogP contribution in [0.15, 0.2) is 24.3 Å². The van der Waals surface area contributed by atoms with Gasteiger partial charge in [0.05, 0.1) is 11.6 Å². The van der Waals surface area contributed by atoms with E-state index >= 15 is 0 Å². The number of likely N-dealkylation sites (tertiary alicyclic amines) is 1. The lowest BCUT2D eigenvalue weighted by Gasteiger charge is -2.36. The average Bonchev–Trinajstić information content (AvgIpc) is 2.68. The predicted molar refractivity (Wildman–Crippen MR) is 103 cm³/mol. The highest BCUT2D eigenvalue weighted by atomic mass is 16.2. The van der Waals surface area contributed by atoms with E-state index in [4.69, 9.17) is 0 Å². The Morgan fingerprint density at radius 3 is 2.65 bits per heavy atom. The van der Waals surface area contributed by atoms with Crippen molar-refractivity contribution in [3.8, 4) is 6.07 Å². The molecule has 140 valence electrons. The molecule has 3 rings (SSSR count). The molecule has 1 amide bonds. The molecule has 2 heterocycles. The summed E-state index contributed by atoms with van der Waals surface area (Å²) in [6.07, 6.45) is 5.48. The molecule has 0 N–H and O–H groups in total. The standard InChI is InChI=1S/C21H30N4O/c1-23-11-5-4-8-20(23)9-10-21(26)25-14-12-24(13-15-25)17-19-7-3-2-6-18(19)16-22/h2-3,6-7,20H,4-5,8-15,17H2,1H3. The van der Waals surface area contributed by atoms with Crippen LogP contribution in [-0.2, 0) is 11.3 Å². The van der Waals surface area contributed by atoms with E-state index in [9.17, 15) is 10.1 Å². The largest absolute Gasteiger partial charge is 0.340 e. The van der Waals surface area contributed by atoms with Crippen molar-refractivity contribution in [3.05, 3.63) is 35.4 Å². The summed E-state index contributed by atoms with van der Waals surface area (Å²) in [6, 6.07) is 10.6. The number of hydrogen-bond donors (Lipinski definition) is 0. The maximum Gasteiger partial charge on any atom is 0.222 e. The minimum absolute atomic E-state index is 0.307. The molecular formula is C21H30N4O. The van der Waals surface area contributed by atoms with Gasteiger partial charge in [-0.15, -0.1) is 0 Å². The number of rotatable bonds is 5. The highest BCUT2D eigenvalue weighted by Gasteiger charge is 2.24. The van der Waals surface area contributed by atoms with Crippen molar-refractivity contribution >= 4 is 5.91 Å². The second-order valence-corrected chi connectivity index (χ2v) is 7.59. The van der Waals surface area contributed by atoms with E-state index in [-0.39, 0.29) is 0 Å². The van der Waals surface area contributed by atoms with E-state index in [0.717, 1.165) is 50.3 Å². The lowest BCUT2D eigenvalue weighted by molar-refractivity contribution is -0.133. The smallest absolute Gasteiger partial charge is 0.222 e. The van der Waals surface area contributed by atoms with Gasteiger partial charge in [0, 0.05) is 45.2 Å². The molecule has 2 aliphatic heterocycles. The molecule has 1 aromatic rings. The van der Waals surface area contributed by atoms with Crippen LogP contribution in [0, 0.1) is 11.3 Å². The second-order valence-electron chi connectivity index (χ2n) is 7.59. The lowest BCUT2D eigenvalue weighted by Crippen LogP contribution is -2.48. The number of piperazine rings is 1. The second kappa shape index (κ2) is 9.16. The van der Waals surface area contributed by atoms with Crippen molar-refractivity contribution in [3.63, 3.8) is 0 Å². The van der Waals surface area contributed by atoms with Crippen LogP contribution in [0.3, 0.4) is 0 Å². The van der Waals surface area contributed by atoms with Crippen molar-refractivity contribution in [2.45, 2.75) is 44.7 Å². The first kappa shape index (κ1) is 18.9. The summed E-state index contributed by atoms with van der Waals surface area (Å²) in [5, 5.41) is 9.22. The number of nitrogens with zero attached hydrogens (tertiary/aromatic N) is 4. The van der Waals surface area contributed by atoms with E-state index in [2.05, 4.69) is 22.9 Å². The predicted octanol–water partition coefficient (Wildman–Crippen LogP) is 2.47. The van der Waals surface area contributed by atoms with Gasteiger partial charge in [-0.25, -0.2) is 0 Å². The Morgan fingerprint density at radius 1 is 1.15 bits per heavy atom. The van der Waals surface area contributed by atoms with Crippen LogP contribution in [-0.4, -0.2) is 66.4 Å². The molecule has 0 spiro atoms. The molecule has 5 heteroatoms. The summed E-state index contributed by atoms with van der Waals surface area (Å²) in [7, 11) is 2.19. The average molecular weight is 354 g/mol. The van der Waals surface area contributed by atoms with Gasteiger partial charge >= 0.3 is 0 Å². The molecule has 0 aromatic heterocycles. The van der Waals surface area contributed by atoms with Gasteiger partial charge in [0.1, 0.15) is 0 Å². The van der Waals surface area contributed by atoms with Crippen LogP contribution in [0.4, 0.5) is 0 Å². The molecule has 0 saturated carbocycles. The summed E-state index contributed by atoms with van der Waals surface area (Å²) < 4.78 is 0. The van der Waals surface area contributed by atoms with Gasteiger partial charge in [-0.1, -0.05) is 24.6 Å². The van der Waals surface area contributed by atoms with Crippen molar-refractivity contribution in [1.82, 2.24) is 14.7 Å². The first-order chi connectivity index (χ1) is 12.7. The molecule has 2 aliphatic rings. The third-order valence-corrected chi connectivity index (χ3v) is 5.87. The van der Waals surface area contributed by atoms with Gasteiger partial charge in [0.15, 0.2) is 0 Å². The molecule has 1 unspecified atom stereocenters. The van der Waals surface area contributed by atoms with Crippen molar-refractivity contribution < 1.29 is 4.79 Å². The number of benzene rings is 1. The zero-order valence-corrected chi connectivity index (χ0v) is 15.9. The monoisotopic (exact) mass is 354 g/mol. The van der Waals surface area contributed by atoms with Gasteiger partial charge in [-0.05, 0) is 44.5 Å². The third kappa shape index (κ3) is 4.84. The van der Waals surface area contributed by atoms with Gasteiger partial charge in [-0.3, -0.25) is 9.69 Å². The molecule has 5 nitrogen and oxygen atoms in total. The number of carbonyl (C=O) groups is 1. The highest BCUT2D eigenvalue weighted by Crippen LogP contribution is 2.20. The Kier molecular flexibility index (Phi) is 6.65. The van der Waals surface area contributed by atoms with E-state index in [0.29, 0.717) is 18.4 Å². The van der Waals surface area contributed by atoms with E-state index in [1.54, 1.807) is 0 Å².